The molecule has 110 valence electrons. The summed E-state index contributed by atoms with van der Waals surface area (Å²) in [4.78, 5) is 11.8. The molecule has 0 saturated carbocycles. The molecule has 0 aliphatic carbocycles. The molecule has 0 fully saturated rings. The number of hydrogen-bond acceptors (Lipinski definition) is 4. The summed E-state index contributed by atoms with van der Waals surface area (Å²) >= 11 is 0. The molecule has 1 unspecified atom stereocenters. The van der Waals surface area contributed by atoms with Gasteiger partial charge in [-0.3, -0.25) is 4.79 Å². The minimum atomic E-state index is -0.0356. The number of carbonyl (C=O) groups excluding carboxylic acids is 1. The number of unbranched alkanes of at least 4 members (excludes halogenated alkanes) is 2. The number of carbonyl (C=O) groups is 1. The van der Waals surface area contributed by atoms with Gasteiger partial charge in [-0.05, 0) is 44.0 Å². The van der Waals surface area contributed by atoms with Gasteiger partial charge in [0.05, 0.1) is 6.04 Å². The van der Waals surface area contributed by atoms with Gasteiger partial charge in [-0.1, -0.05) is 12.5 Å². The van der Waals surface area contributed by atoms with Crippen LogP contribution in [0.25, 0.3) is 0 Å². The van der Waals surface area contributed by atoms with E-state index in [2.05, 4.69) is 5.32 Å². The third-order valence-electron chi connectivity index (χ3n) is 3.38. The summed E-state index contributed by atoms with van der Waals surface area (Å²) in [7, 11) is 0. The summed E-state index contributed by atoms with van der Waals surface area (Å²) < 4.78 is 10.6. The second-order valence-corrected chi connectivity index (χ2v) is 5.00. The number of rotatable bonds is 7. The first kappa shape index (κ1) is 14.7. The summed E-state index contributed by atoms with van der Waals surface area (Å²) in [5.74, 6) is 1.58. The second kappa shape index (κ2) is 7.14. The van der Waals surface area contributed by atoms with E-state index in [4.69, 9.17) is 15.2 Å². The first-order valence-corrected chi connectivity index (χ1v) is 7.09. The van der Waals surface area contributed by atoms with Gasteiger partial charge in [-0.15, -0.1) is 0 Å². The lowest BCUT2D eigenvalue weighted by Gasteiger charge is -2.14. The van der Waals surface area contributed by atoms with Gasteiger partial charge in [0.15, 0.2) is 11.5 Å². The van der Waals surface area contributed by atoms with E-state index in [1.54, 1.807) is 0 Å². The molecule has 0 saturated heterocycles. The standard InChI is InChI=1S/C15H22N2O3/c1-11(17-15(18)5-3-2-4-8-16)12-6-7-13-14(9-12)20-10-19-13/h6-7,9,11H,2-5,8,10,16H2,1H3,(H,17,18). The summed E-state index contributed by atoms with van der Waals surface area (Å²) in [5, 5.41) is 3.00. The zero-order valence-electron chi connectivity index (χ0n) is 11.9. The largest absolute Gasteiger partial charge is 0.454 e. The molecular weight excluding hydrogens is 256 g/mol. The number of benzene rings is 1. The summed E-state index contributed by atoms with van der Waals surface area (Å²) in [6.45, 7) is 2.92. The van der Waals surface area contributed by atoms with Crippen molar-refractivity contribution in [2.75, 3.05) is 13.3 Å². The molecule has 0 radical (unpaired) electrons. The van der Waals surface area contributed by atoms with Crippen LogP contribution in [-0.2, 0) is 4.79 Å². The van der Waals surface area contributed by atoms with Crippen molar-refractivity contribution in [3.8, 4) is 11.5 Å². The van der Waals surface area contributed by atoms with E-state index in [9.17, 15) is 4.79 Å². The van der Waals surface area contributed by atoms with Gasteiger partial charge in [0.2, 0.25) is 12.7 Å². The molecule has 0 aromatic heterocycles. The number of ether oxygens (including phenoxy) is 2. The minimum Gasteiger partial charge on any atom is -0.454 e. The second-order valence-electron chi connectivity index (χ2n) is 5.00. The molecule has 5 nitrogen and oxygen atoms in total. The van der Waals surface area contributed by atoms with Crippen LogP contribution in [0.5, 0.6) is 11.5 Å². The molecule has 1 aliphatic rings. The van der Waals surface area contributed by atoms with Crippen LogP contribution in [0, 0.1) is 0 Å². The summed E-state index contributed by atoms with van der Waals surface area (Å²) in [5.41, 5.74) is 6.44. The highest BCUT2D eigenvalue weighted by Gasteiger charge is 2.16. The Morgan fingerprint density at radius 2 is 2.10 bits per heavy atom. The van der Waals surface area contributed by atoms with Crippen molar-refractivity contribution >= 4 is 5.91 Å². The minimum absolute atomic E-state index is 0.0356. The zero-order valence-corrected chi connectivity index (χ0v) is 11.9. The van der Waals surface area contributed by atoms with Crippen LogP contribution < -0.4 is 20.5 Å². The maximum atomic E-state index is 11.8. The Balaban J connectivity index is 1.82. The molecule has 1 aliphatic heterocycles. The first-order valence-electron chi connectivity index (χ1n) is 7.09. The van der Waals surface area contributed by atoms with Crippen LogP contribution in [0.1, 0.15) is 44.2 Å². The monoisotopic (exact) mass is 278 g/mol. The molecule has 1 aromatic carbocycles. The normalized spacial score (nSPS) is 14.1. The van der Waals surface area contributed by atoms with E-state index >= 15 is 0 Å². The third kappa shape index (κ3) is 3.87. The molecule has 1 amide bonds. The van der Waals surface area contributed by atoms with Gasteiger partial charge in [0.25, 0.3) is 0 Å². The Morgan fingerprint density at radius 3 is 2.90 bits per heavy atom. The van der Waals surface area contributed by atoms with Crippen molar-refractivity contribution in [3.63, 3.8) is 0 Å². The smallest absolute Gasteiger partial charge is 0.231 e. The summed E-state index contributed by atoms with van der Waals surface area (Å²) in [6, 6.07) is 5.71. The van der Waals surface area contributed by atoms with Crippen molar-refractivity contribution in [1.82, 2.24) is 5.32 Å². The predicted octanol–water partition coefficient (Wildman–Crippen LogP) is 2.11. The zero-order chi connectivity index (χ0) is 14.4. The maximum absolute atomic E-state index is 11.8. The lowest BCUT2D eigenvalue weighted by atomic mass is 10.1. The lowest BCUT2D eigenvalue weighted by Crippen LogP contribution is -2.26. The molecule has 1 heterocycles. The van der Waals surface area contributed by atoms with E-state index in [0.29, 0.717) is 13.0 Å². The van der Waals surface area contributed by atoms with E-state index in [1.165, 1.54) is 0 Å². The molecule has 0 spiro atoms. The average Bonchev–Trinajstić information content (AvgIpc) is 2.90. The van der Waals surface area contributed by atoms with Gasteiger partial charge in [0, 0.05) is 6.42 Å². The van der Waals surface area contributed by atoms with Gasteiger partial charge in [-0.25, -0.2) is 0 Å². The SMILES string of the molecule is CC(NC(=O)CCCCCN)c1ccc2c(c1)OCO2. The van der Waals surface area contributed by atoms with Crippen molar-refractivity contribution in [2.24, 2.45) is 5.73 Å². The van der Waals surface area contributed by atoms with Crippen LogP contribution in [0.2, 0.25) is 0 Å². The van der Waals surface area contributed by atoms with E-state index < -0.39 is 0 Å². The van der Waals surface area contributed by atoms with Crippen molar-refractivity contribution in [2.45, 2.75) is 38.6 Å². The molecule has 1 atom stereocenters. The van der Waals surface area contributed by atoms with Gasteiger partial charge < -0.3 is 20.5 Å². The van der Waals surface area contributed by atoms with Crippen molar-refractivity contribution in [1.29, 1.82) is 0 Å². The molecule has 2 rings (SSSR count). The van der Waals surface area contributed by atoms with Crippen LogP contribution in [0.15, 0.2) is 18.2 Å². The Morgan fingerprint density at radius 1 is 1.30 bits per heavy atom. The molecule has 0 bridgehead atoms. The predicted molar refractivity (Wildman–Crippen MR) is 76.6 cm³/mol. The highest BCUT2D eigenvalue weighted by atomic mass is 16.7. The lowest BCUT2D eigenvalue weighted by molar-refractivity contribution is -0.121. The Kier molecular flexibility index (Phi) is 5.24. The molecule has 3 N–H and O–H groups in total. The Hall–Kier alpha value is -1.75. The number of nitrogens with two attached hydrogens (primary N) is 1. The molecular formula is C15H22N2O3. The quantitative estimate of drug-likeness (QED) is 0.749. The maximum Gasteiger partial charge on any atom is 0.231 e. The van der Waals surface area contributed by atoms with Crippen molar-refractivity contribution < 1.29 is 14.3 Å². The number of hydrogen-bond donors (Lipinski definition) is 2. The van der Waals surface area contributed by atoms with E-state index in [1.807, 2.05) is 25.1 Å². The fraction of sp³-hybridized carbons (Fsp3) is 0.533. The van der Waals surface area contributed by atoms with Crippen LogP contribution in [-0.4, -0.2) is 19.2 Å². The van der Waals surface area contributed by atoms with Crippen LogP contribution in [0.4, 0.5) is 0 Å². The number of fused-ring (bicyclic) bond motifs is 1. The van der Waals surface area contributed by atoms with Crippen molar-refractivity contribution in [3.05, 3.63) is 23.8 Å². The topological polar surface area (TPSA) is 73.6 Å². The van der Waals surface area contributed by atoms with E-state index in [0.717, 1.165) is 36.3 Å². The Bertz CT molecular complexity index is 462. The van der Waals surface area contributed by atoms with Gasteiger partial charge in [-0.2, -0.15) is 0 Å². The number of nitrogens with one attached hydrogen (secondary N) is 1. The van der Waals surface area contributed by atoms with Gasteiger partial charge in [0.1, 0.15) is 0 Å². The first-order chi connectivity index (χ1) is 9.70. The molecule has 5 heteroatoms. The number of amides is 1. The molecule has 1 aromatic rings. The van der Waals surface area contributed by atoms with Gasteiger partial charge >= 0.3 is 0 Å². The average molecular weight is 278 g/mol. The Labute approximate surface area is 119 Å². The van der Waals surface area contributed by atoms with E-state index in [-0.39, 0.29) is 18.7 Å². The highest BCUT2D eigenvalue weighted by Crippen LogP contribution is 2.34. The van der Waals surface area contributed by atoms with Crippen LogP contribution >= 0.6 is 0 Å². The highest BCUT2D eigenvalue weighted by molar-refractivity contribution is 5.76. The molecule has 20 heavy (non-hydrogen) atoms. The van der Waals surface area contributed by atoms with Crippen LogP contribution in [0.3, 0.4) is 0 Å². The fourth-order valence-corrected chi connectivity index (χ4v) is 2.19. The fourth-order valence-electron chi connectivity index (χ4n) is 2.19. The summed E-state index contributed by atoms with van der Waals surface area (Å²) in [6.07, 6.45) is 3.42. The third-order valence-corrected chi connectivity index (χ3v) is 3.38.